The van der Waals surface area contributed by atoms with Crippen LogP contribution in [0.15, 0.2) is 237 Å². The highest BCUT2D eigenvalue weighted by Crippen LogP contribution is 2.46. The minimum atomic E-state index is 0.695. The molecule has 13 rings (SSSR count). The van der Waals surface area contributed by atoms with Crippen LogP contribution in [0.5, 0.6) is 0 Å². The SMILES string of the molecule is c1ccc(-c2nc(-c3ccc4cc(-c5ccc(-c6c7ccccc7c(-c7ccccc7)c7ccc8ccccc8c67)cc5)ccc4c3)cc(-n3c4ccccc4c4ccccc43)n2)cc1. The van der Waals surface area contributed by atoms with E-state index in [1.54, 1.807) is 0 Å². The van der Waals surface area contributed by atoms with Gasteiger partial charge in [0.05, 0.1) is 16.7 Å². The van der Waals surface area contributed by atoms with Gasteiger partial charge in [0.2, 0.25) is 0 Å². The third-order valence-corrected chi connectivity index (χ3v) is 13.2. The first-order valence-electron chi connectivity index (χ1n) is 22.2. The van der Waals surface area contributed by atoms with Crippen LogP contribution in [-0.4, -0.2) is 14.5 Å². The standard InChI is InChI=1S/C62H39N3/c1-3-16-42(17-4-1)59-52-23-9-10-24-53(52)60(61-49-20-8-7-15-41(49)35-36-54(59)61)43-29-27-40(28-30-43)45-31-32-47-38-48(34-33-46(47)37-45)55-39-58(64-62(63-55)44-18-5-2-6-19-44)65-56-25-13-11-21-50(56)51-22-12-14-26-57(51)65/h1-39H. The molecule has 3 nitrogen and oxygen atoms in total. The molecule has 0 unspecified atom stereocenters. The van der Waals surface area contributed by atoms with E-state index in [1.165, 1.54) is 81.9 Å². The van der Waals surface area contributed by atoms with Gasteiger partial charge in [0.1, 0.15) is 5.82 Å². The Kier molecular flexibility index (Phi) is 8.53. The Morgan fingerprint density at radius 3 is 1.46 bits per heavy atom. The molecule has 0 bridgehead atoms. The topological polar surface area (TPSA) is 30.7 Å². The number of hydrogen-bond donors (Lipinski definition) is 0. The van der Waals surface area contributed by atoms with Crippen molar-refractivity contribution in [1.82, 2.24) is 14.5 Å². The fourth-order valence-corrected chi connectivity index (χ4v) is 10.2. The largest absolute Gasteiger partial charge is 0.294 e. The molecule has 3 heteroatoms. The zero-order valence-electron chi connectivity index (χ0n) is 35.4. The van der Waals surface area contributed by atoms with Gasteiger partial charge in [0.25, 0.3) is 0 Å². The summed E-state index contributed by atoms with van der Waals surface area (Å²) in [5.41, 5.74) is 12.5. The van der Waals surface area contributed by atoms with Gasteiger partial charge in [-0.05, 0) is 101 Å². The molecule has 0 N–H and O–H groups in total. The Balaban J connectivity index is 0.908. The fourth-order valence-electron chi connectivity index (χ4n) is 10.2. The van der Waals surface area contributed by atoms with E-state index in [2.05, 4.69) is 223 Å². The van der Waals surface area contributed by atoms with Crippen molar-refractivity contribution in [3.05, 3.63) is 237 Å². The van der Waals surface area contributed by atoms with Crippen molar-refractivity contribution in [2.24, 2.45) is 0 Å². The molecular weight excluding hydrogens is 787 g/mol. The number of fused-ring (bicyclic) bond motifs is 8. The quantitative estimate of drug-likeness (QED) is 0.123. The van der Waals surface area contributed by atoms with Crippen LogP contribution in [0.3, 0.4) is 0 Å². The summed E-state index contributed by atoms with van der Waals surface area (Å²) in [7, 11) is 0. The number of nitrogens with zero attached hydrogens (tertiary/aromatic N) is 3. The van der Waals surface area contributed by atoms with Crippen molar-refractivity contribution >= 4 is 64.9 Å². The first-order valence-corrected chi connectivity index (χ1v) is 22.2. The van der Waals surface area contributed by atoms with Crippen molar-refractivity contribution in [3.63, 3.8) is 0 Å². The van der Waals surface area contributed by atoms with Crippen LogP contribution in [0.25, 0.3) is 127 Å². The molecule has 0 saturated heterocycles. The predicted molar refractivity (Wildman–Crippen MR) is 274 cm³/mol. The number of benzene rings is 11. The molecule has 0 spiro atoms. The maximum Gasteiger partial charge on any atom is 0.162 e. The Bertz CT molecular complexity index is 3930. The molecule has 2 heterocycles. The lowest BCUT2D eigenvalue weighted by molar-refractivity contribution is 1.05. The van der Waals surface area contributed by atoms with Gasteiger partial charge < -0.3 is 0 Å². The Morgan fingerprint density at radius 1 is 0.277 bits per heavy atom. The van der Waals surface area contributed by atoms with Crippen LogP contribution in [0.2, 0.25) is 0 Å². The van der Waals surface area contributed by atoms with Crippen LogP contribution in [-0.2, 0) is 0 Å². The highest BCUT2D eigenvalue weighted by Gasteiger charge is 2.20. The zero-order chi connectivity index (χ0) is 42.8. The van der Waals surface area contributed by atoms with E-state index in [-0.39, 0.29) is 0 Å². The summed E-state index contributed by atoms with van der Waals surface area (Å²) >= 11 is 0. The minimum absolute atomic E-state index is 0.695. The van der Waals surface area contributed by atoms with Crippen molar-refractivity contribution in [3.8, 4) is 61.8 Å². The monoisotopic (exact) mass is 825 g/mol. The van der Waals surface area contributed by atoms with Crippen LogP contribution in [0, 0.1) is 0 Å². The number of aromatic nitrogens is 3. The van der Waals surface area contributed by atoms with Crippen molar-refractivity contribution < 1.29 is 0 Å². The summed E-state index contributed by atoms with van der Waals surface area (Å²) < 4.78 is 2.27. The molecule has 0 aliphatic heterocycles. The molecule has 0 atom stereocenters. The van der Waals surface area contributed by atoms with Gasteiger partial charge >= 0.3 is 0 Å². The van der Waals surface area contributed by atoms with Crippen LogP contribution >= 0.6 is 0 Å². The average molecular weight is 826 g/mol. The van der Waals surface area contributed by atoms with Crippen molar-refractivity contribution in [2.75, 3.05) is 0 Å². The summed E-state index contributed by atoms with van der Waals surface area (Å²) in [5, 5.41) is 12.3. The van der Waals surface area contributed by atoms with Gasteiger partial charge in [-0.2, -0.15) is 0 Å². The third kappa shape index (κ3) is 6.12. The maximum absolute atomic E-state index is 5.22. The molecule has 0 aliphatic carbocycles. The van der Waals surface area contributed by atoms with E-state index in [9.17, 15) is 0 Å². The van der Waals surface area contributed by atoms with Gasteiger partial charge in [0.15, 0.2) is 5.82 Å². The van der Waals surface area contributed by atoms with Crippen LogP contribution in [0.1, 0.15) is 0 Å². The Hall–Kier alpha value is -8.66. The molecule has 65 heavy (non-hydrogen) atoms. The second-order valence-electron chi connectivity index (χ2n) is 16.9. The van der Waals surface area contributed by atoms with Crippen LogP contribution < -0.4 is 0 Å². The average Bonchev–Trinajstić information content (AvgIpc) is 3.72. The predicted octanol–water partition coefficient (Wildman–Crippen LogP) is 16.5. The summed E-state index contributed by atoms with van der Waals surface area (Å²) in [6.07, 6.45) is 0. The molecule has 302 valence electrons. The van der Waals surface area contributed by atoms with E-state index in [1.807, 2.05) is 18.2 Å². The van der Waals surface area contributed by atoms with Gasteiger partial charge in [0, 0.05) is 28.0 Å². The zero-order valence-corrected chi connectivity index (χ0v) is 35.4. The Morgan fingerprint density at radius 2 is 0.769 bits per heavy atom. The summed E-state index contributed by atoms with van der Waals surface area (Å²) in [6, 6.07) is 85.3. The second-order valence-corrected chi connectivity index (χ2v) is 16.9. The summed E-state index contributed by atoms with van der Waals surface area (Å²) in [5.74, 6) is 1.53. The minimum Gasteiger partial charge on any atom is -0.294 e. The lowest BCUT2D eigenvalue weighted by Gasteiger charge is -2.19. The molecule has 0 radical (unpaired) electrons. The lowest BCUT2D eigenvalue weighted by atomic mass is 9.84. The molecular formula is C62H39N3. The molecule has 0 fully saturated rings. The van der Waals surface area contributed by atoms with Crippen molar-refractivity contribution in [1.29, 1.82) is 0 Å². The number of hydrogen-bond acceptors (Lipinski definition) is 2. The molecule has 13 aromatic rings. The smallest absolute Gasteiger partial charge is 0.162 e. The van der Waals surface area contributed by atoms with Crippen LogP contribution in [0.4, 0.5) is 0 Å². The van der Waals surface area contributed by atoms with E-state index < -0.39 is 0 Å². The highest BCUT2D eigenvalue weighted by atomic mass is 15.1. The third-order valence-electron chi connectivity index (χ3n) is 13.2. The molecule has 11 aromatic carbocycles. The van der Waals surface area contributed by atoms with Gasteiger partial charge in [-0.15, -0.1) is 0 Å². The van der Waals surface area contributed by atoms with Crippen molar-refractivity contribution in [2.45, 2.75) is 0 Å². The molecule has 0 amide bonds. The Labute approximate surface area is 376 Å². The second kappa shape index (κ2) is 15.0. The van der Waals surface area contributed by atoms with E-state index in [0.29, 0.717) is 5.82 Å². The molecule has 0 aliphatic rings. The van der Waals surface area contributed by atoms with E-state index in [0.717, 1.165) is 39.1 Å². The van der Waals surface area contributed by atoms with Gasteiger partial charge in [-0.25, -0.2) is 9.97 Å². The summed E-state index contributed by atoms with van der Waals surface area (Å²) in [6.45, 7) is 0. The normalized spacial score (nSPS) is 11.7. The van der Waals surface area contributed by atoms with E-state index >= 15 is 0 Å². The number of rotatable bonds is 6. The van der Waals surface area contributed by atoms with E-state index in [4.69, 9.17) is 9.97 Å². The number of para-hydroxylation sites is 2. The first kappa shape index (κ1) is 36.9. The van der Waals surface area contributed by atoms with Gasteiger partial charge in [-0.3, -0.25) is 4.57 Å². The fraction of sp³-hybridized carbons (Fsp3) is 0. The lowest BCUT2D eigenvalue weighted by Crippen LogP contribution is -2.02. The highest BCUT2D eigenvalue weighted by molar-refractivity contribution is 6.28. The van der Waals surface area contributed by atoms with Gasteiger partial charge in [-0.1, -0.05) is 206 Å². The maximum atomic E-state index is 5.22. The molecule has 0 saturated carbocycles. The first-order chi connectivity index (χ1) is 32.2. The summed E-state index contributed by atoms with van der Waals surface area (Å²) in [4.78, 5) is 10.4. The molecule has 2 aromatic heterocycles.